The first-order chi connectivity index (χ1) is 18.1. The Kier molecular flexibility index (Phi) is 6.98. The lowest BCUT2D eigenvalue weighted by Gasteiger charge is -2.50. The molecule has 3 saturated heterocycles. The number of morpholine rings is 1. The molecule has 4 aliphatic heterocycles. The maximum Gasteiger partial charge on any atom is 0.319 e. The molecule has 0 aliphatic carbocycles. The van der Waals surface area contributed by atoms with E-state index in [-0.39, 0.29) is 18.3 Å². The number of amides is 2. The van der Waals surface area contributed by atoms with Crippen LogP contribution in [0.1, 0.15) is 31.5 Å². The third-order valence-corrected chi connectivity index (χ3v) is 7.85. The smallest absolute Gasteiger partial charge is 0.319 e. The van der Waals surface area contributed by atoms with Crippen molar-refractivity contribution in [2.75, 3.05) is 56.3 Å². The van der Waals surface area contributed by atoms with E-state index in [1.165, 1.54) is 5.56 Å². The standard InChI is InChI=1S/C27H36N6O4/c1-3-28-27(34)29-19-6-4-18(5-7-19)24-30-22-14-32(26-21(16-37-26)23-9-12-36-23)10-8-20(22)25(31-24)33-11-13-35-15-17(33)2/h4-7,17,21,23,26H,3,8-16H2,1-2H3,(H2,28,29,34)/t17-,21?,23?,26?/m0/s1. The molecule has 6 rings (SSSR count). The Morgan fingerprint density at radius 3 is 2.62 bits per heavy atom. The first-order valence-electron chi connectivity index (χ1n) is 13.5. The van der Waals surface area contributed by atoms with Gasteiger partial charge in [0.05, 0.1) is 37.7 Å². The number of rotatable bonds is 6. The molecule has 37 heavy (non-hydrogen) atoms. The van der Waals surface area contributed by atoms with Gasteiger partial charge in [-0.2, -0.15) is 0 Å². The Bertz CT molecular complexity index is 1120. The van der Waals surface area contributed by atoms with Crippen LogP contribution in [0.3, 0.4) is 0 Å². The average molecular weight is 509 g/mol. The van der Waals surface area contributed by atoms with Gasteiger partial charge >= 0.3 is 6.03 Å². The second kappa shape index (κ2) is 10.5. The normalized spacial score (nSPS) is 27.6. The number of carbonyl (C=O) groups is 1. The molecule has 0 radical (unpaired) electrons. The summed E-state index contributed by atoms with van der Waals surface area (Å²) in [7, 11) is 0. The van der Waals surface area contributed by atoms with E-state index in [0.29, 0.717) is 37.6 Å². The Morgan fingerprint density at radius 2 is 1.95 bits per heavy atom. The first-order valence-corrected chi connectivity index (χ1v) is 13.5. The Labute approximate surface area is 217 Å². The predicted molar refractivity (Wildman–Crippen MR) is 139 cm³/mol. The van der Waals surface area contributed by atoms with Crippen LogP contribution in [0.5, 0.6) is 0 Å². The maximum absolute atomic E-state index is 11.9. The van der Waals surface area contributed by atoms with Gasteiger partial charge in [-0.3, -0.25) is 4.90 Å². The minimum absolute atomic E-state index is 0.0993. The maximum atomic E-state index is 11.9. The molecule has 2 amide bonds. The SMILES string of the molecule is CCNC(=O)Nc1ccc(-c2nc3c(c(N4CCOC[C@@H]4C)n2)CCN(C2OCC2C2CCO2)C3)cc1. The van der Waals surface area contributed by atoms with Crippen LogP contribution in [0.4, 0.5) is 16.3 Å². The van der Waals surface area contributed by atoms with Crippen molar-refractivity contribution in [1.29, 1.82) is 0 Å². The first kappa shape index (κ1) is 24.5. The molecule has 198 valence electrons. The van der Waals surface area contributed by atoms with Crippen molar-refractivity contribution in [2.24, 2.45) is 5.92 Å². The lowest BCUT2D eigenvalue weighted by molar-refractivity contribution is -0.256. The number of hydrogen-bond donors (Lipinski definition) is 2. The van der Waals surface area contributed by atoms with E-state index in [0.717, 1.165) is 68.5 Å². The third kappa shape index (κ3) is 4.90. The molecular formula is C27H36N6O4. The number of nitrogens with zero attached hydrogens (tertiary/aromatic N) is 4. The fraction of sp³-hybridized carbons (Fsp3) is 0.593. The third-order valence-electron chi connectivity index (χ3n) is 7.85. The average Bonchev–Trinajstić information content (AvgIpc) is 2.85. The van der Waals surface area contributed by atoms with Gasteiger partial charge in [-0.1, -0.05) is 0 Å². The number of ether oxygens (including phenoxy) is 3. The Balaban J connectivity index is 1.29. The van der Waals surface area contributed by atoms with Gasteiger partial charge in [-0.15, -0.1) is 0 Å². The quantitative estimate of drug-likeness (QED) is 0.614. The van der Waals surface area contributed by atoms with Crippen molar-refractivity contribution in [3.63, 3.8) is 0 Å². The molecule has 0 saturated carbocycles. The van der Waals surface area contributed by atoms with Crippen molar-refractivity contribution in [2.45, 2.75) is 51.6 Å². The fourth-order valence-electron chi connectivity index (χ4n) is 5.65. The van der Waals surface area contributed by atoms with Gasteiger partial charge in [0.2, 0.25) is 0 Å². The molecule has 5 heterocycles. The Hall–Kier alpha value is -2.79. The van der Waals surface area contributed by atoms with Gasteiger partial charge in [0.1, 0.15) is 12.0 Å². The number of benzene rings is 1. The molecular weight excluding hydrogens is 472 g/mol. The zero-order valence-corrected chi connectivity index (χ0v) is 21.6. The van der Waals surface area contributed by atoms with E-state index in [4.69, 9.17) is 24.2 Å². The zero-order chi connectivity index (χ0) is 25.4. The van der Waals surface area contributed by atoms with E-state index in [2.05, 4.69) is 27.4 Å². The summed E-state index contributed by atoms with van der Waals surface area (Å²) in [6.45, 7) is 10.2. The Morgan fingerprint density at radius 1 is 1.11 bits per heavy atom. The number of urea groups is 1. The summed E-state index contributed by atoms with van der Waals surface area (Å²) in [6.07, 6.45) is 2.45. The lowest BCUT2D eigenvalue weighted by atomic mass is 9.90. The molecule has 1 aromatic heterocycles. The topological polar surface area (TPSA) is 101 Å². The van der Waals surface area contributed by atoms with Crippen molar-refractivity contribution in [3.05, 3.63) is 35.5 Å². The summed E-state index contributed by atoms with van der Waals surface area (Å²) in [5.74, 6) is 2.17. The van der Waals surface area contributed by atoms with Gasteiger partial charge in [-0.25, -0.2) is 14.8 Å². The number of carbonyl (C=O) groups excluding carboxylic acids is 1. The van der Waals surface area contributed by atoms with Crippen LogP contribution < -0.4 is 15.5 Å². The number of aromatic nitrogens is 2. The van der Waals surface area contributed by atoms with Gasteiger partial charge in [0.15, 0.2) is 5.82 Å². The van der Waals surface area contributed by atoms with E-state index < -0.39 is 0 Å². The number of fused-ring (bicyclic) bond motifs is 1. The highest BCUT2D eigenvalue weighted by Gasteiger charge is 2.46. The summed E-state index contributed by atoms with van der Waals surface area (Å²) in [6, 6.07) is 7.75. The van der Waals surface area contributed by atoms with Crippen LogP contribution in [-0.4, -0.2) is 85.3 Å². The van der Waals surface area contributed by atoms with E-state index >= 15 is 0 Å². The minimum atomic E-state index is -0.215. The van der Waals surface area contributed by atoms with Crippen LogP contribution in [-0.2, 0) is 27.2 Å². The highest BCUT2D eigenvalue weighted by atomic mass is 16.5. The summed E-state index contributed by atoms with van der Waals surface area (Å²) in [5.41, 5.74) is 3.95. The van der Waals surface area contributed by atoms with E-state index in [9.17, 15) is 4.79 Å². The van der Waals surface area contributed by atoms with Crippen molar-refractivity contribution >= 4 is 17.5 Å². The fourth-order valence-corrected chi connectivity index (χ4v) is 5.65. The second-order valence-electron chi connectivity index (χ2n) is 10.3. The molecule has 3 unspecified atom stereocenters. The molecule has 0 bridgehead atoms. The van der Waals surface area contributed by atoms with Crippen LogP contribution in [0.25, 0.3) is 11.4 Å². The van der Waals surface area contributed by atoms with Gasteiger partial charge in [-0.05, 0) is 51.0 Å². The summed E-state index contributed by atoms with van der Waals surface area (Å²) in [4.78, 5) is 26.9. The molecule has 1 aromatic carbocycles. The molecule has 10 heteroatoms. The van der Waals surface area contributed by atoms with Crippen LogP contribution in [0.15, 0.2) is 24.3 Å². The highest BCUT2D eigenvalue weighted by Crippen LogP contribution is 2.38. The monoisotopic (exact) mass is 508 g/mol. The molecule has 2 aromatic rings. The molecule has 2 N–H and O–H groups in total. The molecule has 4 atom stereocenters. The van der Waals surface area contributed by atoms with Crippen LogP contribution in [0, 0.1) is 5.92 Å². The van der Waals surface area contributed by atoms with E-state index in [1.54, 1.807) is 0 Å². The zero-order valence-electron chi connectivity index (χ0n) is 21.6. The molecule has 0 spiro atoms. The van der Waals surface area contributed by atoms with Gasteiger partial charge < -0.3 is 29.7 Å². The number of anilines is 2. The van der Waals surface area contributed by atoms with Gasteiger partial charge in [0.25, 0.3) is 0 Å². The number of nitrogens with one attached hydrogen (secondary N) is 2. The summed E-state index contributed by atoms with van der Waals surface area (Å²) >= 11 is 0. The molecule has 3 fully saturated rings. The van der Waals surface area contributed by atoms with Gasteiger partial charge in [0, 0.05) is 55.5 Å². The lowest BCUT2D eigenvalue weighted by Crippen LogP contribution is -2.59. The second-order valence-corrected chi connectivity index (χ2v) is 10.3. The summed E-state index contributed by atoms with van der Waals surface area (Å²) in [5, 5.41) is 5.60. The summed E-state index contributed by atoms with van der Waals surface area (Å²) < 4.78 is 17.5. The van der Waals surface area contributed by atoms with E-state index in [1.807, 2.05) is 31.2 Å². The largest absolute Gasteiger partial charge is 0.377 e. The van der Waals surface area contributed by atoms with Crippen molar-refractivity contribution in [1.82, 2.24) is 20.2 Å². The number of hydrogen-bond acceptors (Lipinski definition) is 8. The predicted octanol–water partition coefficient (Wildman–Crippen LogP) is 2.63. The van der Waals surface area contributed by atoms with Crippen LogP contribution in [0.2, 0.25) is 0 Å². The van der Waals surface area contributed by atoms with Crippen molar-refractivity contribution in [3.8, 4) is 11.4 Å². The highest BCUT2D eigenvalue weighted by molar-refractivity contribution is 5.89. The van der Waals surface area contributed by atoms with Crippen LogP contribution >= 0.6 is 0 Å². The molecule has 10 nitrogen and oxygen atoms in total. The molecule has 4 aliphatic rings. The van der Waals surface area contributed by atoms with Crippen molar-refractivity contribution < 1.29 is 19.0 Å². The minimum Gasteiger partial charge on any atom is -0.377 e.